The molecule has 0 aliphatic rings. The molecule has 3 rings (SSSR count). The van der Waals surface area contributed by atoms with Gasteiger partial charge >= 0.3 is 0 Å². The molecule has 0 aliphatic heterocycles. The van der Waals surface area contributed by atoms with Gasteiger partial charge in [-0.1, -0.05) is 5.16 Å². The molecule has 0 fully saturated rings. The number of halogens is 1. The third-order valence-electron chi connectivity index (χ3n) is 3.82. The first-order valence-corrected chi connectivity index (χ1v) is 7.56. The van der Waals surface area contributed by atoms with Gasteiger partial charge in [0.15, 0.2) is 5.82 Å². The van der Waals surface area contributed by atoms with Crippen LogP contribution in [0.1, 0.15) is 18.4 Å². The fraction of sp³-hybridized carbons (Fsp3) is 0.353. The highest BCUT2D eigenvalue weighted by atomic mass is 35.5. The molecule has 2 aromatic heterocycles. The number of nitrogens with zero attached hydrogens (tertiary/aromatic N) is 3. The van der Waals surface area contributed by atoms with Crippen LogP contribution in [0.25, 0.3) is 22.4 Å². The number of likely N-dealkylation sites (N-methyl/N-ethyl adjacent to an activating group) is 1. The van der Waals surface area contributed by atoms with E-state index in [0.29, 0.717) is 18.1 Å². The van der Waals surface area contributed by atoms with Crippen molar-refractivity contribution in [1.82, 2.24) is 20.4 Å². The van der Waals surface area contributed by atoms with Crippen LogP contribution in [0.15, 0.2) is 28.8 Å². The van der Waals surface area contributed by atoms with Crippen LogP contribution in [-0.2, 0) is 6.42 Å². The summed E-state index contributed by atoms with van der Waals surface area (Å²) in [7, 11) is 3.56. The van der Waals surface area contributed by atoms with E-state index in [2.05, 4.69) is 27.4 Å². The lowest BCUT2D eigenvalue weighted by molar-refractivity contribution is 0.415. The zero-order chi connectivity index (χ0) is 16.4. The van der Waals surface area contributed by atoms with Gasteiger partial charge in [0.05, 0.1) is 18.2 Å². The van der Waals surface area contributed by atoms with E-state index < -0.39 is 0 Å². The van der Waals surface area contributed by atoms with Gasteiger partial charge in [-0.15, -0.1) is 12.4 Å². The quantitative estimate of drug-likeness (QED) is 0.763. The Morgan fingerprint density at radius 2 is 2.04 bits per heavy atom. The van der Waals surface area contributed by atoms with Gasteiger partial charge < -0.3 is 14.6 Å². The molecule has 1 unspecified atom stereocenters. The zero-order valence-corrected chi connectivity index (χ0v) is 15.0. The molecule has 6 nitrogen and oxygen atoms in total. The molecule has 1 N–H and O–H groups in total. The molecule has 24 heavy (non-hydrogen) atoms. The van der Waals surface area contributed by atoms with Crippen molar-refractivity contribution in [3.05, 3.63) is 35.8 Å². The van der Waals surface area contributed by atoms with Crippen LogP contribution >= 0.6 is 12.4 Å². The molecule has 0 radical (unpaired) electrons. The molecule has 0 bridgehead atoms. The average molecular weight is 349 g/mol. The zero-order valence-electron chi connectivity index (χ0n) is 14.2. The second-order valence-corrected chi connectivity index (χ2v) is 5.60. The van der Waals surface area contributed by atoms with Crippen LogP contribution in [0.4, 0.5) is 0 Å². The summed E-state index contributed by atoms with van der Waals surface area (Å²) in [4.78, 5) is 9.08. The maximum Gasteiger partial charge on any atom is 0.258 e. The summed E-state index contributed by atoms with van der Waals surface area (Å²) >= 11 is 0. The van der Waals surface area contributed by atoms with E-state index in [0.717, 1.165) is 27.9 Å². The second kappa shape index (κ2) is 7.59. The monoisotopic (exact) mass is 348 g/mol. The van der Waals surface area contributed by atoms with Crippen molar-refractivity contribution in [2.24, 2.45) is 0 Å². The maximum absolute atomic E-state index is 5.48. The summed E-state index contributed by atoms with van der Waals surface area (Å²) in [5.74, 6) is 1.97. The van der Waals surface area contributed by atoms with E-state index in [1.54, 1.807) is 7.11 Å². The summed E-state index contributed by atoms with van der Waals surface area (Å²) in [6.07, 6.45) is 0.714. The summed E-state index contributed by atoms with van der Waals surface area (Å²) in [5, 5.41) is 8.19. The Morgan fingerprint density at radius 1 is 1.25 bits per heavy atom. The molecule has 3 aromatic rings. The summed E-state index contributed by atoms with van der Waals surface area (Å²) in [6.45, 7) is 4.03. The first kappa shape index (κ1) is 18.2. The summed E-state index contributed by atoms with van der Waals surface area (Å²) in [5.41, 5.74) is 2.66. The Hall–Kier alpha value is -2.18. The van der Waals surface area contributed by atoms with E-state index in [-0.39, 0.29) is 18.4 Å². The van der Waals surface area contributed by atoms with Crippen molar-refractivity contribution < 1.29 is 9.26 Å². The second-order valence-electron chi connectivity index (χ2n) is 5.60. The van der Waals surface area contributed by atoms with Crippen LogP contribution in [0.3, 0.4) is 0 Å². The van der Waals surface area contributed by atoms with Crippen molar-refractivity contribution in [3.8, 4) is 17.2 Å². The van der Waals surface area contributed by atoms with E-state index in [1.807, 2.05) is 38.2 Å². The van der Waals surface area contributed by atoms with Crippen molar-refractivity contribution in [2.75, 3.05) is 14.2 Å². The number of nitrogens with one attached hydrogen (secondary N) is 1. The van der Waals surface area contributed by atoms with Gasteiger partial charge in [0.1, 0.15) is 5.75 Å². The molecule has 0 aliphatic carbocycles. The number of fused-ring (bicyclic) bond motifs is 1. The number of benzene rings is 1. The van der Waals surface area contributed by atoms with Gasteiger partial charge in [-0.05, 0) is 45.2 Å². The summed E-state index contributed by atoms with van der Waals surface area (Å²) in [6, 6.07) is 8.02. The largest absolute Gasteiger partial charge is 0.497 e. The molecular formula is C17H21ClN4O2. The van der Waals surface area contributed by atoms with Crippen molar-refractivity contribution in [1.29, 1.82) is 0 Å². The number of hydrogen-bond acceptors (Lipinski definition) is 6. The van der Waals surface area contributed by atoms with E-state index >= 15 is 0 Å². The van der Waals surface area contributed by atoms with Gasteiger partial charge in [-0.25, -0.2) is 0 Å². The van der Waals surface area contributed by atoms with Crippen molar-refractivity contribution in [2.45, 2.75) is 26.3 Å². The Morgan fingerprint density at radius 3 is 2.75 bits per heavy atom. The standard InChI is InChI=1S/C17H20N4O2.ClH/c1-10(18-3)8-16-20-17(23-21-16)14-7-11(2)19-15-6-5-12(22-4)9-13(14)15;/h5-7,9-10,18H,8H2,1-4H3;1H. The van der Waals surface area contributed by atoms with Gasteiger partial charge in [-0.3, -0.25) is 4.98 Å². The fourth-order valence-electron chi connectivity index (χ4n) is 2.46. The summed E-state index contributed by atoms with van der Waals surface area (Å²) < 4.78 is 10.8. The Kier molecular flexibility index (Phi) is 5.75. The first-order chi connectivity index (χ1) is 11.1. The predicted molar refractivity (Wildman–Crippen MR) is 95.8 cm³/mol. The predicted octanol–water partition coefficient (Wildman–Crippen LogP) is 3.17. The number of aromatic nitrogens is 3. The molecule has 2 heterocycles. The first-order valence-electron chi connectivity index (χ1n) is 7.56. The van der Waals surface area contributed by atoms with Crippen LogP contribution in [0.5, 0.6) is 5.75 Å². The number of methoxy groups -OCH3 is 1. The smallest absolute Gasteiger partial charge is 0.258 e. The number of aryl methyl sites for hydroxylation is 1. The highest BCUT2D eigenvalue weighted by molar-refractivity contribution is 5.93. The Labute approximate surface area is 147 Å². The SMILES string of the molecule is CNC(C)Cc1noc(-c2cc(C)nc3ccc(OC)cc23)n1.Cl. The minimum absolute atomic E-state index is 0. The molecule has 7 heteroatoms. The van der Waals surface area contributed by atoms with Crippen molar-refractivity contribution >= 4 is 23.3 Å². The fourth-order valence-corrected chi connectivity index (χ4v) is 2.46. The van der Waals surface area contributed by atoms with Gasteiger partial charge in [0.2, 0.25) is 0 Å². The number of pyridine rings is 1. The third kappa shape index (κ3) is 3.66. The van der Waals surface area contributed by atoms with E-state index in [4.69, 9.17) is 9.26 Å². The Balaban J connectivity index is 0.00000208. The normalized spacial score (nSPS) is 12.0. The topological polar surface area (TPSA) is 73.1 Å². The Bertz CT molecular complexity index is 835. The molecule has 0 amide bonds. The number of hydrogen-bond donors (Lipinski definition) is 1. The van der Waals surface area contributed by atoms with Crippen molar-refractivity contribution in [3.63, 3.8) is 0 Å². The molecular weight excluding hydrogens is 328 g/mol. The lowest BCUT2D eigenvalue weighted by atomic mass is 10.1. The van der Waals surface area contributed by atoms with E-state index in [9.17, 15) is 0 Å². The van der Waals surface area contributed by atoms with Crippen LogP contribution < -0.4 is 10.1 Å². The highest BCUT2D eigenvalue weighted by Gasteiger charge is 2.15. The molecule has 1 atom stereocenters. The van der Waals surface area contributed by atoms with Crippen LogP contribution in [-0.4, -0.2) is 35.3 Å². The van der Waals surface area contributed by atoms with Gasteiger partial charge in [-0.2, -0.15) is 4.98 Å². The number of ether oxygens (including phenoxy) is 1. The molecule has 0 spiro atoms. The third-order valence-corrected chi connectivity index (χ3v) is 3.82. The molecule has 1 aromatic carbocycles. The van der Waals surface area contributed by atoms with Gasteiger partial charge in [0, 0.05) is 23.5 Å². The minimum Gasteiger partial charge on any atom is -0.497 e. The number of rotatable bonds is 5. The molecule has 0 saturated heterocycles. The van der Waals surface area contributed by atoms with E-state index in [1.165, 1.54) is 0 Å². The lowest BCUT2D eigenvalue weighted by Crippen LogP contribution is -2.24. The van der Waals surface area contributed by atoms with Crippen LogP contribution in [0, 0.1) is 6.92 Å². The van der Waals surface area contributed by atoms with Gasteiger partial charge in [0.25, 0.3) is 5.89 Å². The van der Waals surface area contributed by atoms with Crippen LogP contribution in [0.2, 0.25) is 0 Å². The lowest BCUT2D eigenvalue weighted by Gasteiger charge is -2.07. The minimum atomic E-state index is 0. The average Bonchev–Trinajstić information content (AvgIpc) is 3.01. The highest BCUT2D eigenvalue weighted by Crippen LogP contribution is 2.30. The molecule has 128 valence electrons. The maximum atomic E-state index is 5.48. The molecule has 0 saturated carbocycles.